The second-order valence-electron chi connectivity index (χ2n) is 7.96. The van der Waals surface area contributed by atoms with E-state index in [0.717, 1.165) is 17.7 Å². The molecule has 6 atom stereocenters. The van der Waals surface area contributed by atoms with Gasteiger partial charge >= 0.3 is 5.97 Å². The van der Waals surface area contributed by atoms with Crippen LogP contribution in [0, 0.1) is 23.7 Å². The van der Waals surface area contributed by atoms with Crippen LogP contribution in [0.25, 0.3) is 17.5 Å². The maximum absolute atomic E-state index is 12.3. The van der Waals surface area contributed by atoms with Crippen molar-refractivity contribution in [3.63, 3.8) is 0 Å². The number of carbonyl (C=O) groups is 1. The van der Waals surface area contributed by atoms with Crippen LogP contribution in [0.15, 0.2) is 24.4 Å². The summed E-state index contributed by atoms with van der Waals surface area (Å²) >= 11 is 0. The summed E-state index contributed by atoms with van der Waals surface area (Å²) in [5, 5.41) is 25.0. The fourth-order valence-corrected chi connectivity index (χ4v) is 5.07. The van der Waals surface area contributed by atoms with E-state index in [0.29, 0.717) is 18.2 Å². The Morgan fingerprint density at radius 1 is 1.39 bits per heavy atom. The van der Waals surface area contributed by atoms with E-state index in [1.165, 1.54) is 0 Å². The topological polar surface area (TPSA) is 114 Å². The minimum atomic E-state index is -1.39. The lowest BCUT2D eigenvalue weighted by Gasteiger charge is -2.45. The van der Waals surface area contributed by atoms with Crippen molar-refractivity contribution in [1.29, 1.82) is 0 Å². The van der Waals surface area contributed by atoms with E-state index >= 15 is 0 Å². The number of rotatable bonds is 4. The standard InChI is InChI=1S/C20H25N5O3/c1-4-15-11(2)9-20(27)17(12(3)28-19(20)26)16(15)8-7-14-6-5-13(10-21-14)18-22-24-25-23-18/h5-8,10-12,15-17,27H,4,9H2,1-3H3,(H,22,23,24,25)/t11-,12+,15+,16-,17-,20-/m0/s1. The zero-order valence-electron chi connectivity index (χ0n) is 16.2. The molecule has 2 aliphatic rings. The lowest BCUT2D eigenvalue weighted by atomic mass is 9.59. The van der Waals surface area contributed by atoms with Gasteiger partial charge in [0, 0.05) is 17.7 Å². The van der Waals surface area contributed by atoms with Crippen LogP contribution < -0.4 is 0 Å². The van der Waals surface area contributed by atoms with Crippen molar-refractivity contribution in [2.45, 2.75) is 45.3 Å². The van der Waals surface area contributed by atoms with Gasteiger partial charge < -0.3 is 9.84 Å². The number of aromatic nitrogens is 5. The van der Waals surface area contributed by atoms with Gasteiger partial charge in [-0.05, 0) is 54.5 Å². The maximum atomic E-state index is 12.3. The predicted molar refractivity (Wildman–Crippen MR) is 101 cm³/mol. The highest BCUT2D eigenvalue weighted by molar-refractivity contribution is 5.82. The molecule has 0 radical (unpaired) electrons. The van der Waals surface area contributed by atoms with Crippen LogP contribution in [-0.4, -0.2) is 48.4 Å². The first-order chi connectivity index (χ1) is 13.4. The first-order valence-electron chi connectivity index (χ1n) is 9.75. The highest BCUT2D eigenvalue weighted by Gasteiger charge is 2.62. The molecule has 0 spiro atoms. The molecule has 4 rings (SSSR count). The molecule has 1 saturated carbocycles. The number of ether oxygens (including phenoxy) is 1. The highest BCUT2D eigenvalue weighted by Crippen LogP contribution is 2.52. The summed E-state index contributed by atoms with van der Waals surface area (Å²) in [7, 11) is 0. The molecule has 1 aliphatic heterocycles. The monoisotopic (exact) mass is 383 g/mol. The number of hydrogen-bond acceptors (Lipinski definition) is 7. The Morgan fingerprint density at radius 3 is 2.86 bits per heavy atom. The number of esters is 1. The first-order valence-corrected chi connectivity index (χ1v) is 9.75. The third-order valence-electron chi connectivity index (χ3n) is 6.33. The molecule has 0 bridgehead atoms. The van der Waals surface area contributed by atoms with E-state index in [2.05, 4.69) is 45.5 Å². The molecule has 0 unspecified atom stereocenters. The highest BCUT2D eigenvalue weighted by atomic mass is 16.6. The van der Waals surface area contributed by atoms with Crippen molar-refractivity contribution < 1.29 is 14.6 Å². The van der Waals surface area contributed by atoms with Gasteiger partial charge in [-0.25, -0.2) is 4.79 Å². The summed E-state index contributed by atoms with van der Waals surface area (Å²) in [5.74, 6) is 0.419. The van der Waals surface area contributed by atoms with E-state index in [9.17, 15) is 9.90 Å². The number of pyridine rings is 1. The Bertz CT molecular complexity index is 866. The number of nitrogens with one attached hydrogen (secondary N) is 1. The molecule has 2 N–H and O–H groups in total. The number of tetrazole rings is 1. The average Bonchev–Trinajstić information content (AvgIpc) is 3.27. The largest absolute Gasteiger partial charge is 0.460 e. The Balaban J connectivity index is 1.61. The van der Waals surface area contributed by atoms with Gasteiger partial charge in [0.2, 0.25) is 5.82 Å². The van der Waals surface area contributed by atoms with Crippen LogP contribution in [0.5, 0.6) is 0 Å². The number of aromatic amines is 1. The van der Waals surface area contributed by atoms with Gasteiger partial charge in [0.1, 0.15) is 6.10 Å². The molecule has 2 fully saturated rings. The van der Waals surface area contributed by atoms with E-state index in [-0.39, 0.29) is 23.9 Å². The molecule has 1 aliphatic carbocycles. The molecule has 1 saturated heterocycles. The van der Waals surface area contributed by atoms with Gasteiger partial charge in [-0.2, -0.15) is 5.21 Å². The Morgan fingerprint density at radius 2 is 2.21 bits per heavy atom. The number of carbonyl (C=O) groups excluding carboxylic acids is 1. The predicted octanol–water partition coefficient (Wildman–Crippen LogP) is 2.25. The smallest absolute Gasteiger partial charge is 0.338 e. The SMILES string of the molecule is CC[C@H]1[C@H](C=Cc2ccc(-c3nn[nH]n3)cn2)[C@@H]2[C@@H](C)OC(=O)[C@]2(O)C[C@@H]1C. The zero-order chi connectivity index (χ0) is 19.9. The van der Waals surface area contributed by atoms with E-state index in [1.807, 2.05) is 25.1 Å². The van der Waals surface area contributed by atoms with Gasteiger partial charge in [0.05, 0.1) is 5.69 Å². The number of cyclic esters (lactones) is 1. The third-order valence-corrected chi connectivity index (χ3v) is 6.33. The fraction of sp³-hybridized carbons (Fsp3) is 0.550. The summed E-state index contributed by atoms with van der Waals surface area (Å²) in [6.07, 6.45) is 6.89. The molecular weight excluding hydrogens is 358 g/mol. The quantitative estimate of drug-likeness (QED) is 0.778. The van der Waals surface area contributed by atoms with Crippen LogP contribution in [0.4, 0.5) is 0 Å². The molecule has 2 aromatic heterocycles. The maximum Gasteiger partial charge on any atom is 0.338 e. The molecule has 8 heteroatoms. The van der Waals surface area contributed by atoms with Crippen LogP contribution in [0.2, 0.25) is 0 Å². The minimum absolute atomic E-state index is 0.0406. The van der Waals surface area contributed by atoms with Gasteiger partial charge in [-0.15, -0.1) is 10.2 Å². The van der Waals surface area contributed by atoms with Crippen LogP contribution in [-0.2, 0) is 9.53 Å². The Hall–Kier alpha value is -2.61. The number of aliphatic hydroxyl groups is 1. The number of fused-ring (bicyclic) bond motifs is 1. The van der Waals surface area contributed by atoms with Crippen molar-refractivity contribution in [3.8, 4) is 11.4 Å². The summed E-state index contributed by atoms with van der Waals surface area (Å²) in [6.45, 7) is 6.14. The van der Waals surface area contributed by atoms with Crippen molar-refractivity contribution >= 4 is 12.0 Å². The summed E-state index contributed by atoms with van der Waals surface area (Å²) in [4.78, 5) is 16.8. The molecule has 0 amide bonds. The molecule has 0 aromatic carbocycles. The van der Waals surface area contributed by atoms with E-state index in [4.69, 9.17) is 4.74 Å². The van der Waals surface area contributed by atoms with Crippen molar-refractivity contribution in [1.82, 2.24) is 25.6 Å². The first kappa shape index (κ1) is 18.7. The number of nitrogens with zero attached hydrogens (tertiary/aromatic N) is 4. The molecule has 2 aromatic rings. The second-order valence-corrected chi connectivity index (χ2v) is 7.96. The Kier molecular flexibility index (Phi) is 4.74. The van der Waals surface area contributed by atoms with Crippen molar-refractivity contribution in [3.05, 3.63) is 30.1 Å². The number of H-pyrrole nitrogens is 1. The molecule has 148 valence electrons. The van der Waals surface area contributed by atoms with E-state index in [1.54, 1.807) is 6.20 Å². The van der Waals surface area contributed by atoms with Gasteiger partial charge in [-0.3, -0.25) is 4.98 Å². The molecule has 3 heterocycles. The summed E-state index contributed by atoms with van der Waals surface area (Å²) in [6, 6.07) is 3.78. The lowest BCUT2D eigenvalue weighted by molar-refractivity contribution is -0.160. The van der Waals surface area contributed by atoms with Gasteiger partial charge in [0.15, 0.2) is 5.60 Å². The Labute approximate surface area is 163 Å². The zero-order valence-corrected chi connectivity index (χ0v) is 16.2. The van der Waals surface area contributed by atoms with Crippen molar-refractivity contribution in [2.75, 3.05) is 0 Å². The second kappa shape index (κ2) is 7.09. The van der Waals surface area contributed by atoms with Crippen LogP contribution >= 0.6 is 0 Å². The summed E-state index contributed by atoms with van der Waals surface area (Å²) in [5.41, 5.74) is 0.179. The van der Waals surface area contributed by atoms with Crippen LogP contribution in [0.3, 0.4) is 0 Å². The molecular formula is C20H25N5O3. The van der Waals surface area contributed by atoms with Gasteiger partial charge in [0.25, 0.3) is 0 Å². The summed E-state index contributed by atoms with van der Waals surface area (Å²) < 4.78 is 5.43. The average molecular weight is 383 g/mol. The van der Waals surface area contributed by atoms with Crippen LogP contribution in [0.1, 0.15) is 39.3 Å². The van der Waals surface area contributed by atoms with Gasteiger partial charge in [-0.1, -0.05) is 26.3 Å². The molecule has 28 heavy (non-hydrogen) atoms. The number of hydrogen-bond donors (Lipinski definition) is 2. The lowest BCUT2D eigenvalue weighted by Crippen LogP contribution is -2.53. The normalized spacial score (nSPS) is 35.1. The minimum Gasteiger partial charge on any atom is -0.460 e. The molecule has 8 nitrogen and oxygen atoms in total. The van der Waals surface area contributed by atoms with Crippen molar-refractivity contribution in [2.24, 2.45) is 23.7 Å². The third kappa shape index (κ3) is 3.01. The number of allylic oxidation sites excluding steroid dienone is 1. The fourth-order valence-electron chi connectivity index (χ4n) is 5.07. The van der Waals surface area contributed by atoms with E-state index < -0.39 is 11.6 Å².